The van der Waals surface area contributed by atoms with Crippen molar-refractivity contribution in [1.29, 1.82) is 0 Å². The van der Waals surface area contributed by atoms with E-state index >= 15 is 0 Å². The molecular weight excluding hydrogens is 441 g/mol. The van der Waals surface area contributed by atoms with E-state index in [0.717, 1.165) is 16.6 Å². The van der Waals surface area contributed by atoms with Crippen LogP contribution in [-0.4, -0.2) is 75.7 Å². The fraction of sp³-hybridized carbons (Fsp3) is 0.391. The van der Waals surface area contributed by atoms with Gasteiger partial charge in [-0.2, -0.15) is 9.61 Å². The summed E-state index contributed by atoms with van der Waals surface area (Å²) in [5.41, 5.74) is 3.01. The van der Waals surface area contributed by atoms with E-state index in [2.05, 4.69) is 25.3 Å². The van der Waals surface area contributed by atoms with Gasteiger partial charge in [-0.15, -0.1) is 0 Å². The van der Waals surface area contributed by atoms with Crippen molar-refractivity contribution >= 4 is 28.4 Å². The molecule has 10 nitrogen and oxygen atoms in total. The van der Waals surface area contributed by atoms with Crippen LogP contribution in [0, 0.1) is 0 Å². The predicted molar refractivity (Wildman–Crippen MR) is 123 cm³/mol. The summed E-state index contributed by atoms with van der Waals surface area (Å²) in [5.74, 6) is 0.277. The Morgan fingerprint density at radius 1 is 1.32 bits per heavy atom. The Balaban J connectivity index is 1.49. The number of fused-ring (bicyclic) bond motifs is 2. The molecule has 2 aliphatic rings. The largest absolute Gasteiger partial charge is 0.377 e. The minimum atomic E-state index is -0.990. The van der Waals surface area contributed by atoms with Crippen LogP contribution in [0.2, 0.25) is 0 Å². The quantitative estimate of drug-likeness (QED) is 0.450. The number of nitrogens with one attached hydrogen (secondary N) is 2. The molecule has 0 aromatic carbocycles. The van der Waals surface area contributed by atoms with Crippen molar-refractivity contribution in [2.45, 2.75) is 30.8 Å². The number of nitrogens with zero attached hydrogens (tertiary/aromatic N) is 5. The van der Waals surface area contributed by atoms with E-state index in [1.165, 1.54) is 6.20 Å². The maximum atomic E-state index is 13.3. The van der Waals surface area contributed by atoms with Crippen LogP contribution >= 0.6 is 0 Å². The van der Waals surface area contributed by atoms with Crippen LogP contribution in [0.3, 0.4) is 0 Å². The lowest BCUT2D eigenvalue weighted by Crippen LogP contribution is -2.27. The maximum absolute atomic E-state index is 13.3. The van der Waals surface area contributed by atoms with Gasteiger partial charge >= 0.3 is 0 Å². The van der Waals surface area contributed by atoms with Gasteiger partial charge in [0.25, 0.3) is 5.91 Å². The number of hydrogen-bond donors (Lipinski definition) is 2. The summed E-state index contributed by atoms with van der Waals surface area (Å²) < 4.78 is 28.3. The number of hydrogen-bond acceptors (Lipinski definition) is 7. The van der Waals surface area contributed by atoms with Crippen LogP contribution in [0.5, 0.6) is 0 Å². The number of ether oxygens (including phenoxy) is 2. The number of amides is 1. The van der Waals surface area contributed by atoms with Gasteiger partial charge in [-0.1, -0.05) is 0 Å². The van der Waals surface area contributed by atoms with Gasteiger partial charge in [0, 0.05) is 50.0 Å². The molecule has 0 bridgehead atoms. The molecule has 1 aliphatic heterocycles. The van der Waals surface area contributed by atoms with E-state index in [-0.39, 0.29) is 18.1 Å². The second-order valence-corrected chi connectivity index (χ2v) is 8.61. The molecule has 0 spiro atoms. The molecule has 176 valence electrons. The van der Waals surface area contributed by atoms with Crippen LogP contribution in [0.25, 0.3) is 27.9 Å². The summed E-state index contributed by atoms with van der Waals surface area (Å²) in [5, 5.41) is 11.1. The zero-order valence-electron chi connectivity index (χ0n) is 18.7. The van der Waals surface area contributed by atoms with Gasteiger partial charge in [-0.3, -0.25) is 4.79 Å². The first kappa shape index (κ1) is 21.0. The first-order valence-corrected chi connectivity index (χ1v) is 11.2. The molecule has 34 heavy (non-hydrogen) atoms. The standard InChI is InChI=1S/C23H24FN7O3/c1-25-20-7-16(28-22-13(8-27-31(20)22)23(32)29-17-6-15(17)24)14-9-30(18-10-34-11-19(18)33-2)21-12(14)4-3-5-26-21/h3-5,7-9,15,17-19,25H,6,10-11H2,1-2H3,(H,29,32)/t15-,17+,18-,19-/m0/s1. The Labute approximate surface area is 194 Å². The van der Waals surface area contributed by atoms with Gasteiger partial charge in [0.15, 0.2) is 5.65 Å². The highest BCUT2D eigenvalue weighted by Gasteiger charge is 2.39. The van der Waals surface area contributed by atoms with Crippen LogP contribution in [0.4, 0.5) is 10.2 Å². The molecule has 4 aromatic heterocycles. The highest BCUT2D eigenvalue weighted by Crippen LogP contribution is 2.35. The van der Waals surface area contributed by atoms with E-state index in [9.17, 15) is 9.18 Å². The molecule has 0 radical (unpaired) electrons. The lowest BCUT2D eigenvalue weighted by Gasteiger charge is -2.18. The highest BCUT2D eigenvalue weighted by atomic mass is 19.1. The fourth-order valence-electron chi connectivity index (χ4n) is 4.55. The molecule has 2 N–H and O–H groups in total. The van der Waals surface area contributed by atoms with E-state index < -0.39 is 12.2 Å². The van der Waals surface area contributed by atoms with Crippen LogP contribution < -0.4 is 10.6 Å². The first-order chi connectivity index (χ1) is 16.6. The number of carbonyl (C=O) groups is 1. The normalized spacial score (nSPS) is 24.1. The summed E-state index contributed by atoms with van der Waals surface area (Å²) in [7, 11) is 3.46. The summed E-state index contributed by atoms with van der Waals surface area (Å²) in [4.78, 5) is 22.2. The molecular formula is C23H24FN7O3. The summed E-state index contributed by atoms with van der Waals surface area (Å²) in [6.45, 7) is 1.04. The zero-order valence-corrected chi connectivity index (χ0v) is 18.7. The number of anilines is 1. The van der Waals surface area contributed by atoms with Crippen LogP contribution in [-0.2, 0) is 9.47 Å². The number of rotatable bonds is 6. The van der Waals surface area contributed by atoms with Gasteiger partial charge in [-0.25, -0.2) is 14.4 Å². The molecule has 4 atom stereocenters. The molecule has 1 amide bonds. The fourth-order valence-corrected chi connectivity index (χ4v) is 4.55. The predicted octanol–water partition coefficient (Wildman–Crippen LogP) is 2.21. The minimum absolute atomic E-state index is 0.0212. The van der Waals surface area contributed by atoms with Crippen LogP contribution in [0.15, 0.2) is 36.8 Å². The second kappa shape index (κ2) is 8.03. The van der Waals surface area contributed by atoms with Crippen molar-refractivity contribution in [3.63, 3.8) is 0 Å². The number of carbonyl (C=O) groups excluding carboxylic acids is 1. The van der Waals surface area contributed by atoms with Crippen molar-refractivity contribution in [2.24, 2.45) is 0 Å². The summed E-state index contributed by atoms with van der Waals surface area (Å²) >= 11 is 0. The van der Waals surface area contributed by atoms with E-state index in [0.29, 0.717) is 42.4 Å². The zero-order chi connectivity index (χ0) is 23.4. The highest BCUT2D eigenvalue weighted by molar-refractivity contribution is 6.01. The van der Waals surface area contributed by atoms with Gasteiger partial charge in [0.05, 0.1) is 37.2 Å². The number of aromatic nitrogens is 5. The third kappa shape index (κ3) is 3.31. The van der Waals surface area contributed by atoms with Gasteiger partial charge in [0.2, 0.25) is 0 Å². The van der Waals surface area contributed by atoms with Gasteiger partial charge in [0.1, 0.15) is 29.3 Å². The second-order valence-electron chi connectivity index (χ2n) is 8.61. The molecule has 2 fully saturated rings. The summed E-state index contributed by atoms with van der Waals surface area (Å²) in [6, 6.07) is 5.29. The number of halogens is 1. The molecule has 11 heteroatoms. The maximum Gasteiger partial charge on any atom is 0.257 e. The van der Waals surface area contributed by atoms with Crippen molar-refractivity contribution < 1.29 is 18.7 Å². The first-order valence-electron chi connectivity index (χ1n) is 11.2. The van der Waals surface area contributed by atoms with Crippen molar-refractivity contribution in [3.05, 3.63) is 42.4 Å². The number of alkyl halides is 1. The number of pyridine rings is 1. The average Bonchev–Trinajstić information content (AvgIpc) is 3.27. The third-order valence-corrected chi connectivity index (χ3v) is 6.53. The van der Waals surface area contributed by atoms with E-state index in [4.69, 9.17) is 14.5 Å². The smallest absolute Gasteiger partial charge is 0.257 e. The Morgan fingerprint density at radius 3 is 2.94 bits per heavy atom. The summed E-state index contributed by atoms with van der Waals surface area (Å²) in [6.07, 6.45) is 4.49. The van der Waals surface area contributed by atoms with Gasteiger partial charge in [-0.05, 0) is 12.1 Å². The third-order valence-electron chi connectivity index (χ3n) is 6.53. The minimum Gasteiger partial charge on any atom is -0.377 e. The van der Waals surface area contributed by atoms with E-state index in [1.54, 1.807) is 24.9 Å². The van der Waals surface area contributed by atoms with Crippen molar-refractivity contribution in [3.8, 4) is 11.3 Å². The molecule has 6 rings (SSSR count). The average molecular weight is 465 g/mol. The lowest BCUT2D eigenvalue weighted by atomic mass is 10.1. The molecule has 1 saturated heterocycles. The lowest BCUT2D eigenvalue weighted by molar-refractivity contribution is 0.0692. The Kier molecular flexibility index (Phi) is 4.96. The van der Waals surface area contributed by atoms with Gasteiger partial charge < -0.3 is 24.7 Å². The Bertz CT molecular complexity index is 1400. The van der Waals surface area contributed by atoms with E-state index in [1.807, 2.05) is 24.4 Å². The monoisotopic (exact) mass is 465 g/mol. The molecule has 4 aromatic rings. The molecule has 1 saturated carbocycles. The Hall–Kier alpha value is -3.57. The van der Waals surface area contributed by atoms with Crippen LogP contribution in [0.1, 0.15) is 22.8 Å². The van der Waals surface area contributed by atoms with Crippen molar-refractivity contribution in [2.75, 3.05) is 32.7 Å². The number of methoxy groups -OCH3 is 1. The molecule has 0 unspecified atom stereocenters. The van der Waals surface area contributed by atoms with Crippen molar-refractivity contribution in [1.82, 2.24) is 29.5 Å². The Morgan fingerprint density at radius 2 is 2.18 bits per heavy atom. The SMILES string of the molecule is CNc1cc(-c2cn([C@H]3COC[C@@H]3OC)c3ncccc23)nc2c(C(=O)N[C@@H]3C[C@@H]3F)cnn12. The molecule has 1 aliphatic carbocycles. The molecule has 5 heterocycles. The topological polar surface area (TPSA) is 108 Å².